The highest BCUT2D eigenvalue weighted by Gasteiger charge is 2.26. The van der Waals surface area contributed by atoms with Gasteiger partial charge in [0.25, 0.3) is 0 Å². The minimum Gasteiger partial charge on any atom is -0.496 e. The number of rotatable bonds is 2. The van der Waals surface area contributed by atoms with Crippen molar-refractivity contribution in [3.05, 3.63) is 65.4 Å². The Morgan fingerprint density at radius 1 is 1.05 bits per heavy atom. The number of H-pyrrole nitrogens is 1. The summed E-state index contributed by atoms with van der Waals surface area (Å²) < 4.78 is 5.53. The lowest BCUT2D eigenvalue weighted by atomic mass is 9.94. The molecule has 2 N–H and O–H groups in total. The van der Waals surface area contributed by atoms with Crippen molar-refractivity contribution in [1.82, 2.24) is 10.3 Å². The SMILES string of the molecule is COc1ccccc1C1NCCc2c1[nH]c1ccccc21.Cl. The zero-order valence-corrected chi connectivity index (χ0v) is 13.2. The first kappa shape index (κ1) is 14.9. The van der Waals surface area contributed by atoms with E-state index in [4.69, 9.17) is 4.74 Å². The van der Waals surface area contributed by atoms with Crippen LogP contribution in [-0.2, 0) is 6.42 Å². The van der Waals surface area contributed by atoms with Gasteiger partial charge < -0.3 is 15.0 Å². The third kappa shape index (κ3) is 2.27. The largest absolute Gasteiger partial charge is 0.496 e. The molecule has 114 valence electrons. The van der Waals surface area contributed by atoms with E-state index in [1.807, 2.05) is 12.1 Å². The minimum absolute atomic E-state index is 0. The number of aromatic amines is 1. The Labute approximate surface area is 136 Å². The summed E-state index contributed by atoms with van der Waals surface area (Å²) in [7, 11) is 1.73. The molecule has 0 amide bonds. The van der Waals surface area contributed by atoms with Crippen LogP contribution < -0.4 is 10.1 Å². The van der Waals surface area contributed by atoms with Crippen LogP contribution in [-0.4, -0.2) is 18.6 Å². The molecule has 0 saturated heterocycles. The topological polar surface area (TPSA) is 37.0 Å². The molecule has 0 radical (unpaired) electrons. The first-order valence-corrected chi connectivity index (χ1v) is 7.34. The van der Waals surface area contributed by atoms with E-state index in [0.717, 1.165) is 18.7 Å². The van der Waals surface area contributed by atoms with Gasteiger partial charge in [-0.05, 0) is 24.1 Å². The summed E-state index contributed by atoms with van der Waals surface area (Å²) in [6.45, 7) is 0.984. The molecule has 0 aliphatic carbocycles. The summed E-state index contributed by atoms with van der Waals surface area (Å²) in [5.74, 6) is 0.932. The molecule has 3 nitrogen and oxygen atoms in total. The lowest BCUT2D eigenvalue weighted by Gasteiger charge is -2.26. The highest BCUT2D eigenvalue weighted by molar-refractivity contribution is 5.85. The van der Waals surface area contributed by atoms with Crippen molar-refractivity contribution in [2.75, 3.05) is 13.7 Å². The number of nitrogens with one attached hydrogen (secondary N) is 2. The Morgan fingerprint density at radius 2 is 1.82 bits per heavy atom. The van der Waals surface area contributed by atoms with E-state index in [1.165, 1.54) is 27.7 Å². The maximum Gasteiger partial charge on any atom is 0.124 e. The number of methoxy groups -OCH3 is 1. The van der Waals surface area contributed by atoms with Gasteiger partial charge in [-0.25, -0.2) is 0 Å². The van der Waals surface area contributed by atoms with Gasteiger partial charge in [0.15, 0.2) is 0 Å². The smallest absolute Gasteiger partial charge is 0.124 e. The Morgan fingerprint density at radius 3 is 2.68 bits per heavy atom. The molecule has 1 unspecified atom stereocenters. The van der Waals surface area contributed by atoms with Crippen molar-refractivity contribution >= 4 is 23.3 Å². The van der Waals surface area contributed by atoms with Crippen molar-refractivity contribution in [1.29, 1.82) is 0 Å². The van der Waals surface area contributed by atoms with Crippen LogP contribution in [0.5, 0.6) is 5.75 Å². The van der Waals surface area contributed by atoms with E-state index in [0.29, 0.717) is 0 Å². The van der Waals surface area contributed by atoms with Crippen LogP contribution in [0.15, 0.2) is 48.5 Å². The molecular formula is C18H19ClN2O. The van der Waals surface area contributed by atoms with Crippen LogP contribution in [0.1, 0.15) is 22.9 Å². The summed E-state index contributed by atoms with van der Waals surface area (Å²) in [5.41, 5.74) is 5.10. The predicted molar refractivity (Wildman–Crippen MR) is 92.1 cm³/mol. The number of hydrogen-bond acceptors (Lipinski definition) is 2. The van der Waals surface area contributed by atoms with Crippen LogP contribution in [0.4, 0.5) is 0 Å². The quantitative estimate of drug-likeness (QED) is 0.754. The fraction of sp³-hybridized carbons (Fsp3) is 0.222. The molecule has 4 rings (SSSR count). The van der Waals surface area contributed by atoms with Crippen molar-refractivity contribution < 1.29 is 4.74 Å². The van der Waals surface area contributed by atoms with Crippen LogP contribution in [0.2, 0.25) is 0 Å². The zero-order chi connectivity index (χ0) is 14.2. The molecule has 2 heterocycles. The number of fused-ring (bicyclic) bond motifs is 3. The predicted octanol–water partition coefficient (Wildman–Crippen LogP) is 3.83. The van der Waals surface area contributed by atoms with Crippen LogP contribution in [0, 0.1) is 0 Å². The molecular weight excluding hydrogens is 296 g/mol. The lowest BCUT2D eigenvalue weighted by molar-refractivity contribution is 0.402. The first-order valence-electron chi connectivity index (χ1n) is 7.34. The normalized spacial score (nSPS) is 16.9. The second-order valence-electron chi connectivity index (χ2n) is 5.44. The van der Waals surface area contributed by atoms with E-state index in [-0.39, 0.29) is 18.4 Å². The molecule has 0 spiro atoms. The summed E-state index contributed by atoms with van der Waals surface area (Å²) in [4.78, 5) is 3.60. The van der Waals surface area contributed by atoms with Gasteiger partial charge in [-0.15, -0.1) is 12.4 Å². The van der Waals surface area contributed by atoms with E-state index >= 15 is 0 Å². The molecule has 3 aromatic rings. The highest BCUT2D eigenvalue weighted by atomic mass is 35.5. The second kappa shape index (κ2) is 6.03. The van der Waals surface area contributed by atoms with Gasteiger partial charge in [0.1, 0.15) is 5.75 Å². The van der Waals surface area contributed by atoms with Crippen LogP contribution >= 0.6 is 12.4 Å². The number of benzene rings is 2. The number of aromatic nitrogens is 1. The molecule has 1 aliphatic rings. The molecule has 22 heavy (non-hydrogen) atoms. The van der Waals surface area contributed by atoms with Crippen molar-refractivity contribution in [2.45, 2.75) is 12.5 Å². The molecule has 1 aliphatic heterocycles. The average molecular weight is 315 g/mol. The molecule has 2 aromatic carbocycles. The van der Waals surface area contributed by atoms with Gasteiger partial charge in [0.05, 0.1) is 13.2 Å². The number of halogens is 1. The summed E-state index contributed by atoms with van der Waals surface area (Å²) in [6, 6.07) is 16.9. The van der Waals surface area contributed by atoms with E-state index in [9.17, 15) is 0 Å². The monoisotopic (exact) mass is 314 g/mol. The summed E-state index contributed by atoms with van der Waals surface area (Å²) in [5, 5.41) is 4.96. The average Bonchev–Trinajstić information content (AvgIpc) is 2.93. The standard InChI is InChI=1S/C18H18N2O.ClH/c1-21-16-9-5-3-7-14(16)17-18-13(10-11-19-17)12-6-2-4-8-15(12)20-18;/h2-9,17,19-20H,10-11H2,1H3;1H. The van der Waals surface area contributed by atoms with E-state index in [2.05, 4.69) is 46.7 Å². The Balaban J connectivity index is 0.00000144. The Kier molecular flexibility index (Phi) is 4.10. The number of ether oxygens (including phenoxy) is 1. The molecule has 0 saturated carbocycles. The molecule has 0 fully saturated rings. The van der Waals surface area contributed by atoms with Crippen molar-refractivity contribution in [3.8, 4) is 5.75 Å². The van der Waals surface area contributed by atoms with Gasteiger partial charge in [-0.3, -0.25) is 0 Å². The number of hydrogen-bond donors (Lipinski definition) is 2. The molecule has 4 heteroatoms. The number of para-hydroxylation sites is 2. The lowest BCUT2D eigenvalue weighted by Crippen LogP contribution is -2.30. The van der Waals surface area contributed by atoms with Gasteiger partial charge in [0, 0.05) is 28.7 Å². The third-order valence-corrected chi connectivity index (χ3v) is 4.31. The fourth-order valence-electron chi connectivity index (χ4n) is 3.35. The Bertz CT molecular complexity index is 797. The van der Waals surface area contributed by atoms with Gasteiger partial charge >= 0.3 is 0 Å². The maximum atomic E-state index is 5.53. The van der Waals surface area contributed by atoms with Crippen LogP contribution in [0.25, 0.3) is 10.9 Å². The first-order chi connectivity index (χ1) is 10.4. The minimum atomic E-state index is 0. The van der Waals surface area contributed by atoms with Crippen LogP contribution in [0.3, 0.4) is 0 Å². The van der Waals surface area contributed by atoms with E-state index < -0.39 is 0 Å². The van der Waals surface area contributed by atoms with Crippen molar-refractivity contribution in [3.63, 3.8) is 0 Å². The van der Waals surface area contributed by atoms with E-state index in [1.54, 1.807) is 7.11 Å². The Hall–Kier alpha value is -1.97. The second-order valence-corrected chi connectivity index (χ2v) is 5.44. The van der Waals surface area contributed by atoms with Gasteiger partial charge in [0.2, 0.25) is 0 Å². The zero-order valence-electron chi connectivity index (χ0n) is 12.4. The van der Waals surface area contributed by atoms with Gasteiger partial charge in [-0.1, -0.05) is 36.4 Å². The van der Waals surface area contributed by atoms with Crippen molar-refractivity contribution in [2.24, 2.45) is 0 Å². The maximum absolute atomic E-state index is 5.53. The van der Waals surface area contributed by atoms with Gasteiger partial charge in [-0.2, -0.15) is 0 Å². The fourth-order valence-corrected chi connectivity index (χ4v) is 3.35. The summed E-state index contributed by atoms with van der Waals surface area (Å²) in [6.07, 6.45) is 1.06. The third-order valence-electron chi connectivity index (χ3n) is 4.31. The molecule has 1 atom stereocenters. The molecule has 0 bridgehead atoms. The highest BCUT2D eigenvalue weighted by Crippen LogP contribution is 2.36. The molecule has 1 aromatic heterocycles. The summed E-state index contributed by atoms with van der Waals surface area (Å²) >= 11 is 0.